The number of hydrogen-bond donors (Lipinski definition) is 2. The van der Waals surface area contributed by atoms with Gasteiger partial charge in [-0.05, 0) is 25.0 Å². The molecule has 0 spiro atoms. The van der Waals surface area contributed by atoms with Crippen LogP contribution in [0.2, 0.25) is 0 Å². The number of halogens is 3. The van der Waals surface area contributed by atoms with Crippen molar-refractivity contribution in [3.05, 3.63) is 33.8 Å². The highest BCUT2D eigenvalue weighted by Gasteiger charge is 2.35. The van der Waals surface area contributed by atoms with Gasteiger partial charge < -0.3 is 15.2 Å². The van der Waals surface area contributed by atoms with Crippen LogP contribution in [-0.2, 0) is 4.74 Å². The third kappa shape index (κ3) is 3.16. The van der Waals surface area contributed by atoms with E-state index in [1.165, 1.54) is 0 Å². The van der Waals surface area contributed by atoms with Crippen LogP contribution in [0.3, 0.4) is 0 Å². The summed E-state index contributed by atoms with van der Waals surface area (Å²) in [6.07, 6.45) is 0.796. The Morgan fingerprint density at radius 3 is 2.40 bits per heavy atom. The number of ether oxygens (including phenoxy) is 1. The molecule has 0 aliphatic carbocycles. The molecule has 1 aromatic rings. The first kappa shape index (κ1) is 15.3. The summed E-state index contributed by atoms with van der Waals surface area (Å²) in [5.74, 6) is -2.77. The largest absolute Gasteiger partial charge is 0.394 e. The third-order valence-corrected chi connectivity index (χ3v) is 3.82. The molecule has 2 N–H and O–H groups in total. The molecular weight excluding hydrogens is 336 g/mol. The lowest BCUT2D eigenvalue weighted by Crippen LogP contribution is -2.54. The van der Waals surface area contributed by atoms with Crippen molar-refractivity contribution in [2.24, 2.45) is 0 Å². The Labute approximate surface area is 123 Å². The van der Waals surface area contributed by atoms with Gasteiger partial charge in [0.05, 0.1) is 12.1 Å². The SMILES string of the molecule is O=C(NC1(CO)CCOCC1)c1c(F)cc(Br)cc1F. The first-order valence-electron chi connectivity index (χ1n) is 6.13. The van der Waals surface area contributed by atoms with E-state index in [1.54, 1.807) is 0 Å². The van der Waals surface area contributed by atoms with Crippen LogP contribution in [0.25, 0.3) is 0 Å². The van der Waals surface area contributed by atoms with Crippen LogP contribution in [0.15, 0.2) is 16.6 Å². The molecule has 1 aromatic carbocycles. The van der Waals surface area contributed by atoms with Crippen LogP contribution in [0, 0.1) is 11.6 Å². The van der Waals surface area contributed by atoms with Crippen LogP contribution in [0.4, 0.5) is 8.78 Å². The standard InChI is InChI=1S/C13H14BrF2NO3/c14-8-5-9(15)11(10(16)6-8)12(19)17-13(7-18)1-3-20-4-2-13/h5-6,18H,1-4,7H2,(H,17,19). The number of aliphatic hydroxyl groups excluding tert-OH is 1. The zero-order chi connectivity index (χ0) is 14.8. The zero-order valence-corrected chi connectivity index (χ0v) is 12.2. The molecular formula is C13H14BrF2NO3. The van der Waals surface area contributed by atoms with Crippen molar-refractivity contribution in [1.82, 2.24) is 5.32 Å². The molecule has 0 atom stereocenters. The monoisotopic (exact) mass is 349 g/mol. The second-order valence-corrected chi connectivity index (χ2v) is 5.67. The van der Waals surface area contributed by atoms with E-state index in [0.717, 1.165) is 12.1 Å². The Bertz CT molecular complexity index is 495. The first-order valence-corrected chi connectivity index (χ1v) is 6.92. The van der Waals surface area contributed by atoms with Gasteiger partial charge in [0.2, 0.25) is 0 Å². The maximum atomic E-state index is 13.7. The van der Waals surface area contributed by atoms with E-state index in [4.69, 9.17) is 4.74 Å². The topological polar surface area (TPSA) is 58.6 Å². The third-order valence-electron chi connectivity index (χ3n) is 3.37. The highest BCUT2D eigenvalue weighted by Crippen LogP contribution is 2.23. The van der Waals surface area contributed by atoms with Crippen molar-refractivity contribution in [2.75, 3.05) is 19.8 Å². The van der Waals surface area contributed by atoms with E-state index < -0.39 is 28.6 Å². The molecule has 2 rings (SSSR count). The minimum atomic E-state index is -0.950. The highest BCUT2D eigenvalue weighted by atomic mass is 79.9. The molecule has 20 heavy (non-hydrogen) atoms. The van der Waals surface area contributed by atoms with E-state index in [-0.39, 0.29) is 11.1 Å². The summed E-state index contributed by atoms with van der Waals surface area (Å²) in [5.41, 5.74) is -1.53. The van der Waals surface area contributed by atoms with E-state index in [1.807, 2.05) is 0 Å². The molecule has 7 heteroatoms. The number of rotatable bonds is 3. The molecule has 4 nitrogen and oxygen atoms in total. The Hall–Kier alpha value is -1.05. The lowest BCUT2D eigenvalue weighted by Gasteiger charge is -2.36. The lowest BCUT2D eigenvalue weighted by atomic mass is 9.90. The second-order valence-electron chi connectivity index (χ2n) is 4.75. The molecule has 1 heterocycles. The van der Waals surface area contributed by atoms with E-state index in [0.29, 0.717) is 26.1 Å². The fraction of sp³-hybridized carbons (Fsp3) is 0.462. The van der Waals surface area contributed by atoms with Gasteiger partial charge in [-0.25, -0.2) is 8.78 Å². The average molecular weight is 350 g/mol. The molecule has 0 unspecified atom stereocenters. The van der Waals surface area contributed by atoms with Crippen molar-refractivity contribution in [3.63, 3.8) is 0 Å². The van der Waals surface area contributed by atoms with Gasteiger partial charge in [0, 0.05) is 17.7 Å². The molecule has 1 fully saturated rings. The number of aliphatic hydroxyl groups is 1. The van der Waals surface area contributed by atoms with Gasteiger partial charge in [-0.2, -0.15) is 0 Å². The Morgan fingerprint density at radius 2 is 1.90 bits per heavy atom. The Kier molecular flexibility index (Phi) is 4.72. The summed E-state index contributed by atoms with van der Waals surface area (Å²) >= 11 is 2.95. The average Bonchev–Trinajstić information content (AvgIpc) is 2.38. The molecule has 0 saturated carbocycles. The summed E-state index contributed by atoms with van der Waals surface area (Å²) in [4.78, 5) is 12.1. The molecule has 110 valence electrons. The van der Waals surface area contributed by atoms with E-state index in [2.05, 4.69) is 21.2 Å². The molecule has 1 aliphatic rings. The predicted molar refractivity (Wildman–Crippen MR) is 71.4 cm³/mol. The number of amides is 1. The number of benzene rings is 1. The Morgan fingerprint density at radius 1 is 1.35 bits per heavy atom. The van der Waals surface area contributed by atoms with Crippen LogP contribution in [0.5, 0.6) is 0 Å². The van der Waals surface area contributed by atoms with Crippen LogP contribution < -0.4 is 5.32 Å². The summed E-state index contributed by atoms with van der Waals surface area (Å²) in [6.45, 7) is 0.458. The van der Waals surface area contributed by atoms with Crippen LogP contribution in [0.1, 0.15) is 23.2 Å². The molecule has 0 radical (unpaired) electrons. The Balaban J connectivity index is 2.23. The summed E-state index contributed by atoms with van der Waals surface area (Å²) in [5, 5.41) is 12.0. The predicted octanol–water partition coefficient (Wildman–Crippen LogP) is 2.00. The van der Waals surface area contributed by atoms with Gasteiger partial charge >= 0.3 is 0 Å². The normalized spacial score (nSPS) is 17.8. The fourth-order valence-electron chi connectivity index (χ4n) is 2.15. The van der Waals surface area contributed by atoms with Gasteiger partial charge in [-0.15, -0.1) is 0 Å². The number of nitrogens with one attached hydrogen (secondary N) is 1. The summed E-state index contributed by atoms with van der Waals surface area (Å²) in [6, 6.07) is 2.04. The first-order chi connectivity index (χ1) is 9.47. The minimum Gasteiger partial charge on any atom is -0.394 e. The van der Waals surface area contributed by atoms with Crippen molar-refractivity contribution < 1.29 is 23.4 Å². The van der Waals surface area contributed by atoms with Crippen molar-refractivity contribution in [2.45, 2.75) is 18.4 Å². The van der Waals surface area contributed by atoms with Gasteiger partial charge in [0.25, 0.3) is 5.91 Å². The number of carbonyl (C=O) groups is 1. The number of carbonyl (C=O) groups excluding carboxylic acids is 1. The lowest BCUT2D eigenvalue weighted by molar-refractivity contribution is 0.0124. The fourth-order valence-corrected chi connectivity index (χ4v) is 2.55. The molecule has 1 saturated heterocycles. The maximum Gasteiger partial charge on any atom is 0.257 e. The van der Waals surface area contributed by atoms with Gasteiger partial charge in [-0.3, -0.25) is 4.79 Å². The zero-order valence-electron chi connectivity index (χ0n) is 10.6. The smallest absolute Gasteiger partial charge is 0.257 e. The van der Waals surface area contributed by atoms with Crippen molar-refractivity contribution in [1.29, 1.82) is 0 Å². The van der Waals surface area contributed by atoms with E-state index in [9.17, 15) is 18.7 Å². The quantitative estimate of drug-likeness (QED) is 0.877. The van der Waals surface area contributed by atoms with Crippen LogP contribution in [-0.4, -0.2) is 36.4 Å². The minimum absolute atomic E-state index is 0.215. The summed E-state index contributed by atoms with van der Waals surface area (Å²) < 4.78 is 32.8. The maximum absolute atomic E-state index is 13.7. The molecule has 1 amide bonds. The van der Waals surface area contributed by atoms with Crippen molar-refractivity contribution in [3.8, 4) is 0 Å². The van der Waals surface area contributed by atoms with E-state index >= 15 is 0 Å². The van der Waals surface area contributed by atoms with Gasteiger partial charge in [-0.1, -0.05) is 15.9 Å². The van der Waals surface area contributed by atoms with Gasteiger partial charge in [0.15, 0.2) is 0 Å². The van der Waals surface area contributed by atoms with Crippen molar-refractivity contribution >= 4 is 21.8 Å². The van der Waals surface area contributed by atoms with Gasteiger partial charge in [0.1, 0.15) is 17.2 Å². The van der Waals surface area contributed by atoms with Crippen LogP contribution >= 0.6 is 15.9 Å². The summed E-state index contributed by atoms with van der Waals surface area (Å²) in [7, 11) is 0. The number of hydrogen-bond acceptors (Lipinski definition) is 3. The second kappa shape index (κ2) is 6.15. The molecule has 0 bridgehead atoms. The molecule has 1 aliphatic heterocycles. The molecule has 0 aromatic heterocycles. The highest BCUT2D eigenvalue weighted by molar-refractivity contribution is 9.10.